The smallest absolute Gasteiger partial charge is 0.338 e. The Morgan fingerprint density at radius 1 is 0.861 bits per heavy atom. The average molecular weight is 494 g/mol. The van der Waals surface area contributed by atoms with Gasteiger partial charge in [-0.1, -0.05) is 36.4 Å². The van der Waals surface area contributed by atoms with Crippen molar-refractivity contribution in [3.8, 4) is 0 Å². The number of hydrogen-bond acceptors (Lipinski definition) is 9. The predicted octanol–water partition coefficient (Wildman–Crippen LogP) is 1.45. The molecule has 0 aliphatic carbocycles. The molecule has 0 unspecified atom stereocenters. The maximum absolute atomic E-state index is 12.9. The molecule has 4 rings (SSSR count). The molecule has 2 heterocycles. The number of ether oxygens (including phenoxy) is 4. The molecule has 1 aliphatic rings. The normalized spacial score (nSPS) is 20.9. The molecule has 11 nitrogen and oxygen atoms in total. The number of esters is 3. The molecule has 1 aromatic heterocycles. The van der Waals surface area contributed by atoms with Gasteiger partial charge in [-0.05, 0) is 24.3 Å². The van der Waals surface area contributed by atoms with Gasteiger partial charge in [0.1, 0.15) is 12.7 Å². The van der Waals surface area contributed by atoms with Crippen LogP contribution in [0.3, 0.4) is 0 Å². The van der Waals surface area contributed by atoms with Crippen molar-refractivity contribution in [3.05, 3.63) is 105 Å². The Balaban J connectivity index is 1.65. The van der Waals surface area contributed by atoms with Crippen molar-refractivity contribution in [2.75, 3.05) is 6.61 Å². The largest absolute Gasteiger partial charge is 0.459 e. The van der Waals surface area contributed by atoms with Crippen molar-refractivity contribution in [3.63, 3.8) is 0 Å². The lowest BCUT2D eigenvalue weighted by Gasteiger charge is -2.24. The van der Waals surface area contributed by atoms with Gasteiger partial charge in [-0.2, -0.15) is 0 Å². The summed E-state index contributed by atoms with van der Waals surface area (Å²) in [5, 5.41) is 0. The van der Waals surface area contributed by atoms with Crippen LogP contribution in [-0.4, -0.2) is 52.4 Å². The standard InChI is InChI=1S/C25H22N2O9/c1-15(28)34-20-18(14-33-23(30)16-8-4-2-5-9-16)35-22(27-13-12-19(29)26-25(27)32)21(20)36-24(31)17-10-6-3-7-11-17/h2-13,18,20-22H,14H2,1H3,(H,26,29,32)/t18-,20-,21+,22+/m1/s1. The van der Waals surface area contributed by atoms with E-state index in [0.29, 0.717) is 5.56 Å². The van der Waals surface area contributed by atoms with Crippen molar-refractivity contribution in [2.45, 2.75) is 31.5 Å². The summed E-state index contributed by atoms with van der Waals surface area (Å²) in [6, 6.07) is 17.3. The van der Waals surface area contributed by atoms with Crippen LogP contribution in [0.5, 0.6) is 0 Å². The third kappa shape index (κ3) is 5.58. The lowest BCUT2D eigenvalue weighted by molar-refractivity contribution is -0.154. The van der Waals surface area contributed by atoms with Crippen LogP contribution in [0.25, 0.3) is 0 Å². The highest BCUT2D eigenvalue weighted by molar-refractivity contribution is 5.90. The summed E-state index contributed by atoms with van der Waals surface area (Å²) >= 11 is 0. The molecular formula is C25H22N2O9. The van der Waals surface area contributed by atoms with Gasteiger partial charge in [-0.25, -0.2) is 14.4 Å². The fraction of sp³-hybridized carbons (Fsp3) is 0.240. The second kappa shape index (κ2) is 10.8. The Bertz CT molecular complexity index is 1350. The van der Waals surface area contributed by atoms with Crippen LogP contribution < -0.4 is 11.2 Å². The topological polar surface area (TPSA) is 143 Å². The van der Waals surface area contributed by atoms with Crippen LogP contribution >= 0.6 is 0 Å². The summed E-state index contributed by atoms with van der Waals surface area (Å²) in [6.07, 6.45) is -3.78. The second-order valence-electron chi connectivity index (χ2n) is 7.86. The molecule has 36 heavy (non-hydrogen) atoms. The Kier molecular flexibility index (Phi) is 7.40. The third-order valence-electron chi connectivity index (χ3n) is 5.35. The number of hydrogen-bond donors (Lipinski definition) is 1. The molecule has 0 spiro atoms. The summed E-state index contributed by atoms with van der Waals surface area (Å²) in [6.45, 7) is 0.780. The van der Waals surface area contributed by atoms with Gasteiger partial charge in [0.25, 0.3) is 5.56 Å². The van der Waals surface area contributed by atoms with Crippen molar-refractivity contribution in [2.24, 2.45) is 0 Å². The molecule has 1 N–H and O–H groups in total. The van der Waals surface area contributed by atoms with E-state index in [1.54, 1.807) is 48.5 Å². The highest BCUT2D eigenvalue weighted by atomic mass is 16.7. The van der Waals surface area contributed by atoms with Gasteiger partial charge in [0.2, 0.25) is 0 Å². The first-order valence-electron chi connectivity index (χ1n) is 11.0. The molecule has 186 valence electrons. The van der Waals surface area contributed by atoms with E-state index in [2.05, 4.69) is 4.98 Å². The number of carbonyl (C=O) groups is 3. The van der Waals surface area contributed by atoms with E-state index in [1.165, 1.54) is 18.3 Å². The number of H-pyrrole nitrogens is 1. The first kappa shape index (κ1) is 24.6. The number of carbonyl (C=O) groups excluding carboxylic acids is 3. The van der Waals surface area contributed by atoms with E-state index < -0.39 is 53.7 Å². The van der Waals surface area contributed by atoms with E-state index >= 15 is 0 Å². The summed E-state index contributed by atoms with van der Waals surface area (Å²) in [5.74, 6) is -2.12. The van der Waals surface area contributed by atoms with E-state index in [0.717, 1.165) is 17.6 Å². The van der Waals surface area contributed by atoms with E-state index in [1.807, 2.05) is 0 Å². The summed E-state index contributed by atoms with van der Waals surface area (Å²) in [7, 11) is 0. The van der Waals surface area contributed by atoms with Gasteiger partial charge in [-0.15, -0.1) is 0 Å². The Labute approximate surface area is 204 Å². The quantitative estimate of drug-likeness (QED) is 0.381. The van der Waals surface area contributed by atoms with Crippen LogP contribution in [-0.2, 0) is 23.7 Å². The highest BCUT2D eigenvalue weighted by Gasteiger charge is 2.51. The van der Waals surface area contributed by atoms with Gasteiger partial charge in [0, 0.05) is 19.2 Å². The maximum atomic E-state index is 12.9. The summed E-state index contributed by atoms with van der Waals surface area (Å²) in [4.78, 5) is 63.4. The minimum absolute atomic E-state index is 0.214. The molecule has 4 atom stereocenters. The minimum Gasteiger partial charge on any atom is -0.459 e. The molecule has 2 aromatic carbocycles. The van der Waals surface area contributed by atoms with E-state index in [9.17, 15) is 24.0 Å². The number of aromatic nitrogens is 2. The number of aromatic amines is 1. The van der Waals surface area contributed by atoms with Crippen molar-refractivity contribution in [1.82, 2.24) is 9.55 Å². The van der Waals surface area contributed by atoms with Crippen molar-refractivity contribution in [1.29, 1.82) is 0 Å². The van der Waals surface area contributed by atoms with Gasteiger partial charge in [0.15, 0.2) is 18.4 Å². The zero-order valence-electron chi connectivity index (χ0n) is 19.1. The van der Waals surface area contributed by atoms with Crippen LogP contribution in [0.2, 0.25) is 0 Å². The maximum Gasteiger partial charge on any atom is 0.338 e. The number of nitrogens with one attached hydrogen (secondary N) is 1. The molecule has 0 amide bonds. The molecule has 1 aliphatic heterocycles. The summed E-state index contributed by atoms with van der Waals surface area (Å²) in [5.41, 5.74) is -0.973. The average Bonchev–Trinajstić information content (AvgIpc) is 3.19. The molecule has 11 heteroatoms. The SMILES string of the molecule is CC(=O)O[C@H]1[C@H](OC(=O)c2ccccc2)[C@@H](n2ccc(=O)[nH]c2=O)O[C@@H]1COC(=O)c1ccccc1. The predicted molar refractivity (Wildman–Crippen MR) is 123 cm³/mol. The molecule has 0 radical (unpaired) electrons. The van der Waals surface area contributed by atoms with Gasteiger partial charge in [-0.3, -0.25) is 19.1 Å². The highest BCUT2D eigenvalue weighted by Crippen LogP contribution is 2.34. The Morgan fingerprint density at radius 3 is 2.06 bits per heavy atom. The fourth-order valence-corrected chi connectivity index (χ4v) is 3.73. The van der Waals surface area contributed by atoms with Crippen LogP contribution in [0.15, 0.2) is 82.5 Å². The molecule has 0 bridgehead atoms. The zero-order chi connectivity index (χ0) is 25.7. The van der Waals surface area contributed by atoms with Crippen LogP contribution in [0.1, 0.15) is 33.9 Å². The zero-order valence-corrected chi connectivity index (χ0v) is 19.1. The van der Waals surface area contributed by atoms with E-state index in [4.69, 9.17) is 18.9 Å². The second-order valence-corrected chi connectivity index (χ2v) is 7.86. The number of benzene rings is 2. The van der Waals surface area contributed by atoms with Gasteiger partial charge < -0.3 is 18.9 Å². The molecule has 1 saturated heterocycles. The van der Waals surface area contributed by atoms with Crippen molar-refractivity contribution >= 4 is 17.9 Å². The fourth-order valence-electron chi connectivity index (χ4n) is 3.73. The third-order valence-corrected chi connectivity index (χ3v) is 5.35. The lowest BCUT2D eigenvalue weighted by atomic mass is 10.1. The number of nitrogens with zero attached hydrogens (tertiary/aromatic N) is 1. The molecule has 3 aromatic rings. The van der Waals surface area contributed by atoms with Gasteiger partial charge in [0.05, 0.1) is 11.1 Å². The van der Waals surface area contributed by atoms with Crippen LogP contribution in [0.4, 0.5) is 0 Å². The Hall–Kier alpha value is -4.51. The van der Waals surface area contributed by atoms with Crippen LogP contribution in [0, 0.1) is 0 Å². The molecule has 1 fully saturated rings. The van der Waals surface area contributed by atoms with E-state index in [-0.39, 0.29) is 12.2 Å². The molecule has 0 saturated carbocycles. The monoisotopic (exact) mass is 494 g/mol. The lowest BCUT2D eigenvalue weighted by Crippen LogP contribution is -2.42. The Morgan fingerprint density at radius 2 is 1.47 bits per heavy atom. The summed E-state index contributed by atoms with van der Waals surface area (Å²) < 4.78 is 23.3. The molecular weight excluding hydrogens is 472 g/mol. The first-order valence-corrected chi connectivity index (χ1v) is 11.0. The number of rotatable bonds is 7. The first-order chi connectivity index (χ1) is 17.3. The van der Waals surface area contributed by atoms with Crippen molar-refractivity contribution < 1.29 is 33.3 Å². The van der Waals surface area contributed by atoms with Gasteiger partial charge >= 0.3 is 23.6 Å². The minimum atomic E-state index is -1.31.